The zero-order valence-corrected chi connectivity index (χ0v) is 19.3. The Morgan fingerprint density at radius 2 is 2.00 bits per heavy atom. The maximum Gasteiger partial charge on any atom is 0.255 e. The van der Waals surface area contributed by atoms with E-state index in [-0.39, 0.29) is 24.0 Å². The number of ether oxygens (including phenoxy) is 2. The first-order chi connectivity index (χ1) is 15.5. The molecule has 1 heterocycles. The fraction of sp³-hybridized carbons (Fsp3) is 0.440. The van der Waals surface area contributed by atoms with Crippen LogP contribution in [0, 0.1) is 6.92 Å². The molecule has 6 nitrogen and oxygen atoms in total. The molecular weight excluding hydrogens is 428 g/mol. The lowest BCUT2D eigenvalue weighted by Gasteiger charge is -2.31. The molecule has 170 valence electrons. The minimum atomic E-state index is -0.176. The lowest BCUT2D eigenvalue weighted by Crippen LogP contribution is -2.45. The number of hydrogen-bond acceptors (Lipinski definition) is 4. The highest BCUT2D eigenvalue weighted by molar-refractivity contribution is 6.33. The summed E-state index contributed by atoms with van der Waals surface area (Å²) in [6.07, 6.45) is 4.84. The normalized spacial score (nSPS) is 20.5. The van der Waals surface area contributed by atoms with E-state index in [2.05, 4.69) is 10.6 Å². The first-order valence-corrected chi connectivity index (χ1v) is 11.5. The van der Waals surface area contributed by atoms with Crippen LogP contribution in [-0.2, 0) is 11.2 Å². The third-order valence-corrected chi connectivity index (χ3v) is 6.84. The van der Waals surface area contributed by atoms with Gasteiger partial charge in [0.15, 0.2) is 5.75 Å². The fourth-order valence-electron chi connectivity index (χ4n) is 4.47. The summed E-state index contributed by atoms with van der Waals surface area (Å²) < 4.78 is 11.2. The highest BCUT2D eigenvalue weighted by atomic mass is 35.5. The smallest absolute Gasteiger partial charge is 0.255 e. The predicted molar refractivity (Wildman–Crippen MR) is 124 cm³/mol. The van der Waals surface area contributed by atoms with Crippen LogP contribution in [0.15, 0.2) is 30.3 Å². The highest BCUT2D eigenvalue weighted by Gasteiger charge is 2.27. The van der Waals surface area contributed by atoms with Crippen molar-refractivity contribution in [2.24, 2.45) is 0 Å². The van der Waals surface area contributed by atoms with Crippen molar-refractivity contribution in [1.82, 2.24) is 10.6 Å². The van der Waals surface area contributed by atoms with Gasteiger partial charge in [-0.1, -0.05) is 36.6 Å². The average Bonchev–Trinajstić information content (AvgIpc) is 2.99. The summed E-state index contributed by atoms with van der Waals surface area (Å²) in [4.78, 5) is 25.1. The third-order valence-electron chi connectivity index (χ3n) is 6.38. The van der Waals surface area contributed by atoms with E-state index in [4.69, 9.17) is 21.1 Å². The maximum absolute atomic E-state index is 12.7. The van der Waals surface area contributed by atoms with Crippen LogP contribution >= 0.6 is 11.6 Å². The first-order valence-electron chi connectivity index (χ1n) is 11.1. The molecule has 2 aromatic carbocycles. The number of halogens is 1. The fourth-order valence-corrected chi connectivity index (χ4v) is 4.75. The molecule has 0 spiro atoms. The van der Waals surface area contributed by atoms with Crippen molar-refractivity contribution in [2.75, 3.05) is 20.3 Å². The van der Waals surface area contributed by atoms with Crippen molar-refractivity contribution in [3.05, 3.63) is 63.2 Å². The molecule has 2 N–H and O–H groups in total. The number of benzene rings is 2. The van der Waals surface area contributed by atoms with E-state index in [1.165, 1.54) is 0 Å². The van der Waals surface area contributed by atoms with Gasteiger partial charge in [-0.3, -0.25) is 9.59 Å². The molecule has 0 unspecified atom stereocenters. The molecule has 2 amide bonds. The van der Waals surface area contributed by atoms with E-state index in [9.17, 15) is 9.59 Å². The topological polar surface area (TPSA) is 76.7 Å². The maximum atomic E-state index is 12.7. The van der Waals surface area contributed by atoms with E-state index >= 15 is 0 Å². The molecule has 2 atom stereocenters. The molecule has 2 aromatic rings. The van der Waals surface area contributed by atoms with Crippen molar-refractivity contribution >= 4 is 23.4 Å². The molecule has 1 aliphatic carbocycles. The van der Waals surface area contributed by atoms with Gasteiger partial charge in [-0.2, -0.15) is 0 Å². The zero-order valence-electron chi connectivity index (χ0n) is 18.5. The molecule has 7 heteroatoms. The van der Waals surface area contributed by atoms with E-state index in [1.54, 1.807) is 7.11 Å². The van der Waals surface area contributed by atoms with Crippen LogP contribution in [0.2, 0.25) is 5.02 Å². The van der Waals surface area contributed by atoms with E-state index in [1.807, 2.05) is 37.3 Å². The molecule has 0 radical (unpaired) electrons. The Bertz CT molecular complexity index is 1010. The second-order valence-corrected chi connectivity index (χ2v) is 8.85. The Morgan fingerprint density at radius 3 is 2.75 bits per heavy atom. The van der Waals surface area contributed by atoms with Gasteiger partial charge in [0.05, 0.1) is 29.3 Å². The Hall–Kier alpha value is -2.57. The van der Waals surface area contributed by atoms with E-state index in [0.717, 1.165) is 42.4 Å². The predicted octanol–water partition coefficient (Wildman–Crippen LogP) is 4.05. The summed E-state index contributed by atoms with van der Waals surface area (Å²) in [5, 5.41) is 6.43. The van der Waals surface area contributed by atoms with Gasteiger partial charge in [-0.05, 0) is 61.1 Å². The Labute approximate surface area is 193 Å². The summed E-state index contributed by atoms with van der Waals surface area (Å²) >= 11 is 6.54. The van der Waals surface area contributed by atoms with Gasteiger partial charge < -0.3 is 20.1 Å². The van der Waals surface area contributed by atoms with Gasteiger partial charge in [0.2, 0.25) is 0 Å². The number of rotatable bonds is 5. The standard InChI is InChI=1S/C25H29ClN2O4/c1-15-18(14-19-23(22(15)26)32-12-11-27-25(19)30)13-16-7-9-17(10-8-16)24(29)28-20-5-3-4-6-21(20)31-2/h7-10,14,20-21H,3-6,11-13H2,1-2H3,(H,27,30)(H,28,29)/t20-,21-/m1/s1. The van der Waals surface area contributed by atoms with Crippen molar-refractivity contribution in [3.63, 3.8) is 0 Å². The van der Waals surface area contributed by atoms with Gasteiger partial charge in [-0.25, -0.2) is 0 Å². The molecule has 32 heavy (non-hydrogen) atoms. The Morgan fingerprint density at radius 1 is 1.25 bits per heavy atom. The number of fused-ring (bicyclic) bond motifs is 1. The Kier molecular flexibility index (Phi) is 7.01. The van der Waals surface area contributed by atoms with Gasteiger partial charge >= 0.3 is 0 Å². The second kappa shape index (κ2) is 9.92. The van der Waals surface area contributed by atoms with Gasteiger partial charge in [0.25, 0.3) is 11.8 Å². The SMILES string of the molecule is CO[C@@H]1CCCC[C@H]1NC(=O)c1ccc(Cc2cc3c(c(Cl)c2C)OCCNC3=O)cc1. The summed E-state index contributed by atoms with van der Waals surface area (Å²) in [7, 11) is 1.70. The van der Waals surface area contributed by atoms with Crippen LogP contribution in [0.3, 0.4) is 0 Å². The zero-order chi connectivity index (χ0) is 22.7. The molecule has 1 fully saturated rings. The number of carbonyl (C=O) groups is 2. The second-order valence-electron chi connectivity index (χ2n) is 8.47. The van der Waals surface area contributed by atoms with Gasteiger partial charge in [0, 0.05) is 12.7 Å². The molecule has 1 saturated carbocycles. The number of hydrogen-bond donors (Lipinski definition) is 2. The van der Waals surface area contributed by atoms with Crippen LogP contribution in [0.4, 0.5) is 0 Å². The minimum absolute atomic E-state index is 0.0543. The molecule has 0 bridgehead atoms. The minimum Gasteiger partial charge on any atom is -0.489 e. The van der Waals surface area contributed by atoms with Crippen LogP contribution in [0.5, 0.6) is 5.75 Å². The van der Waals surface area contributed by atoms with Crippen LogP contribution in [0.25, 0.3) is 0 Å². The highest BCUT2D eigenvalue weighted by Crippen LogP contribution is 2.36. The first kappa shape index (κ1) is 22.6. The van der Waals surface area contributed by atoms with Crippen molar-refractivity contribution in [3.8, 4) is 5.75 Å². The quantitative estimate of drug-likeness (QED) is 0.711. The van der Waals surface area contributed by atoms with Crippen LogP contribution < -0.4 is 15.4 Å². The van der Waals surface area contributed by atoms with E-state index in [0.29, 0.717) is 41.5 Å². The lowest BCUT2D eigenvalue weighted by molar-refractivity contribution is 0.0392. The molecule has 1 aliphatic heterocycles. The van der Waals surface area contributed by atoms with Crippen molar-refractivity contribution < 1.29 is 19.1 Å². The van der Waals surface area contributed by atoms with Crippen LogP contribution in [-0.4, -0.2) is 44.2 Å². The number of amides is 2. The van der Waals surface area contributed by atoms with Crippen LogP contribution in [0.1, 0.15) is 63.1 Å². The van der Waals surface area contributed by atoms with Gasteiger partial charge in [0.1, 0.15) is 6.61 Å². The summed E-state index contributed by atoms with van der Waals surface area (Å²) in [5.74, 6) is 0.195. The summed E-state index contributed by atoms with van der Waals surface area (Å²) in [6, 6.07) is 9.47. The van der Waals surface area contributed by atoms with Crippen molar-refractivity contribution in [1.29, 1.82) is 0 Å². The lowest BCUT2D eigenvalue weighted by atomic mass is 9.92. The number of carbonyl (C=O) groups excluding carboxylic acids is 2. The molecular formula is C25H29ClN2O4. The average molecular weight is 457 g/mol. The monoisotopic (exact) mass is 456 g/mol. The number of nitrogens with one attached hydrogen (secondary N) is 2. The third kappa shape index (κ3) is 4.76. The van der Waals surface area contributed by atoms with Crippen molar-refractivity contribution in [2.45, 2.75) is 51.2 Å². The van der Waals surface area contributed by atoms with Gasteiger partial charge in [-0.15, -0.1) is 0 Å². The molecule has 4 rings (SSSR count). The molecule has 2 aliphatic rings. The number of methoxy groups -OCH3 is 1. The Balaban J connectivity index is 1.49. The largest absolute Gasteiger partial charge is 0.489 e. The van der Waals surface area contributed by atoms with E-state index < -0.39 is 0 Å². The molecule has 0 saturated heterocycles. The molecule has 0 aromatic heterocycles. The summed E-state index contributed by atoms with van der Waals surface area (Å²) in [5.41, 5.74) is 3.97. The summed E-state index contributed by atoms with van der Waals surface area (Å²) in [6.45, 7) is 2.78.